The number of pyridine rings is 1. The molecule has 8 nitrogen and oxygen atoms in total. The van der Waals surface area contributed by atoms with Gasteiger partial charge in [0.15, 0.2) is 0 Å². The van der Waals surface area contributed by atoms with E-state index >= 15 is 0 Å². The number of fused-ring (bicyclic) bond motifs is 1. The van der Waals surface area contributed by atoms with Crippen molar-refractivity contribution in [2.24, 2.45) is 0 Å². The number of carbonyl (C=O) groups is 2. The van der Waals surface area contributed by atoms with E-state index in [9.17, 15) is 14.7 Å². The van der Waals surface area contributed by atoms with E-state index in [-0.39, 0.29) is 17.5 Å². The maximum Gasteiger partial charge on any atom is 0.274 e. The molecule has 8 heteroatoms. The van der Waals surface area contributed by atoms with Crippen molar-refractivity contribution in [3.63, 3.8) is 0 Å². The lowest BCUT2D eigenvalue weighted by molar-refractivity contribution is 0.0517. The van der Waals surface area contributed by atoms with Gasteiger partial charge in [-0.3, -0.25) is 9.59 Å². The molecule has 2 heterocycles. The third-order valence-electron chi connectivity index (χ3n) is 4.99. The first-order valence-electron chi connectivity index (χ1n) is 9.77. The van der Waals surface area contributed by atoms with Gasteiger partial charge in [0.25, 0.3) is 11.8 Å². The van der Waals surface area contributed by atoms with Gasteiger partial charge in [0.2, 0.25) is 5.88 Å². The fourth-order valence-electron chi connectivity index (χ4n) is 3.31. The van der Waals surface area contributed by atoms with E-state index in [1.807, 2.05) is 25.1 Å². The number of methoxy groups -OCH3 is 1. The van der Waals surface area contributed by atoms with Crippen LogP contribution in [-0.2, 0) is 6.54 Å². The largest absolute Gasteiger partial charge is 0.481 e. The Labute approximate surface area is 176 Å². The molecule has 0 spiro atoms. The molecular weight excluding hydrogens is 384 g/mol. The standard InChI is InChI=1S/C22H28N4O4/c1-22(2,29)9-10-26-13-14-11-17(18(25(3)4)12-15(14)21(26)28)24-20(27)16-7-6-8-19(23-16)30-5/h6-8,11-12,29H,9-10,13H2,1-5H3,(H,24,27). The number of nitrogens with zero attached hydrogens (tertiary/aromatic N) is 3. The first-order valence-corrected chi connectivity index (χ1v) is 9.77. The lowest BCUT2D eigenvalue weighted by Crippen LogP contribution is -2.31. The van der Waals surface area contributed by atoms with Crippen LogP contribution in [-0.4, -0.2) is 60.2 Å². The maximum atomic E-state index is 12.8. The zero-order valence-corrected chi connectivity index (χ0v) is 18.0. The van der Waals surface area contributed by atoms with Gasteiger partial charge in [0.1, 0.15) is 5.69 Å². The summed E-state index contributed by atoms with van der Waals surface area (Å²) in [7, 11) is 5.20. The Kier molecular flexibility index (Phi) is 5.98. The van der Waals surface area contributed by atoms with Crippen molar-refractivity contribution in [2.75, 3.05) is 38.0 Å². The van der Waals surface area contributed by atoms with Gasteiger partial charge in [-0.25, -0.2) is 4.98 Å². The van der Waals surface area contributed by atoms with Crippen molar-refractivity contribution >= 4 is 23.2 Å². The molecule has 0 fully saturated rings. The molecule has 1 aromatic heterocycles. The average molecular weight is 412 g/mol. The molecule has 2 N–H and O–H groups in total. The first kappa shape index (κ1) is 21.6. The van der Waals surface area contributed by atoms with Crippen molar-refractivity contribution in [3.8, 4) is 5.88 Å². The number of nitrogens with one attached hydrogen (secondary N) is 1. The van der Waals surface area contributed by atoms with Crippen LogP contribution in [0.3, 0.4) is 0 Å². The zero-order chi connectivity index (χ0) is 22.1. The number of benzene rings is 1. The molecule has 2 amide bonds. The lowest BCUT2D eigenvalue weighted by atomic mass is 10.1. The minimum Gasteiger partial charge on any atom is -0.481 e. The molecule has 0 atom stereocenters. The molecule has 1 aliphatic rings. The lowest BCUT2D eigenvalue weighted by Gasteiger charge is -2.22. The summed E-state index contributed by atoms with van der Waals surface area (Å²) in [6.45, 7) is 4.36. The van der Waals surface area contributed by atoms with Crippen LogP contribution < -0.4 is 15.0 Å². The molecule has 0 saturated carbocycles. The fourth-order valence-corrected chi connectivity index (χ4v) is 3.31. The summed E-state index contributed by atoms with van der Waals surface area (Å²) < 4.78 is 5.09. The van der Waals surface area contributed by atoms with E-state index < -0.39 is 5.60 Å². The van der Waals surface area contributed by atoms with Crippen LogP contribution in [0.15, 0.2) is 30.3 Å². The number of hydrogen-bond donors (Lipinski definition) is 2. The number of rotatable bonds is 7. The highest BCUT2D eigenvalue weighted by Gasteiger charge is 2.30. The number of ether oxygens (including phenoxy) is 1. The van der Waals surface area contributed by atoms with E-state index in [0.29, 0.717) is 36.6 Å². The molecule has 0 radical (unpaired) electrons. The van der Waals surface area contributed by atoms with E-state index in [2.05, 4.69) is 10.3 Å². The Bertz CT molecular complexity index is 966. The molecule has 3 rings (SSSR count). The molecule has 2 aromatic rings. The van der Waals surface area contributed by atoms with Gasteiger partial charge in [-0.2, -0.15) is 0 Å². The number of hydrogen-bond acceptors (Lipinski definition) is 6. The van der Waals surface area contributed by atoms with Crippen LogP contribution in [0.5, 0.6) is 5.88 Å². The van der Waals surface area contributed by atoms with Crippen LogP contribution in [0.4, 0.5) is 11.4 Å². The Morgan fingerprint density at radius 1 is 1.33 bits per heavy atom. The minimum absolute atomic E-state index is 0.0651. The van der Waals surface area contributed by atoms with Crippen LogP contribution >= 0.6 is 0 Å². The molecule has 160 valence electrons. The number of aromatic nitrogens is 1. The summed E-state index contributed by atoms with van der Waals surface area (Å²) in [5, 5.41) is 12.9. The maximum absolute atomic E-state index is 12.8. The van der Waals surface area contributed by atoms with Crippen molar-refractivity contribution in [1.29, 1.82) is 0 Å². The normalized spacial score (nSPS) is 13.3. The van der Waals surface area contributed by atoms with Crippen molar-refractivity contribution < 1.29 is 19.4 Å². The second kappa shape index (κ2) is 8.31. The van der Waals surface area contributed by atoms with Gasteiger partial charge in [-0.1, -0.05) is 6.07 Å². The Morgan fingerprint density at radius 2 is 2.07 bits per heavy atom. The molecule has 0 saturated heterocycles. The third-order valence-corrected chi connectivity index (χ3v) is 4.99. The topological polar surface area (TPSA) is 95.0 Å². The summed E-state index contributed by atoms with van der Waals surface area (Å²) in [6, 6.07) is 8.63. The Balaban J connectivity index is 1.87. The van der Waals surface area contributed by atoms with Gasteiger partial charge < -0.3 is 25.0 Å². The van der Waals surface area contributed by atoms with Crippen LogP contribution in [0, 0.1) is 0 Å². The first-order chi connectivity index (χ1) is 14.1. The molecular formula is C22H28N4O4. The van der Waals surface area contributed by atoms with E-state index in [4.69, 9.17) is 4.74 Å². The van der Waals surface area contributed by atoms with Crippen LogP contribution in [0.1, 0.15) is 46.7 Å². The number of anilines is 2. The fraction of sp³-hybridized carbons (Fsp3) is 0.409. The van der Waals surface area contributed by atoms with Crippen molar-refractivity contribution in [3.05, 3.63) is 47.2 Å². The van der Waals surface area contributed by atoms with E-state index in [0.717, 1.165) is 11.3 Å². The second-order valence-electron chi connectivity index (χ2n) is 8.23. The molecule has 1 aliphatic heterocycles. The van der Waals surface area contributed by atoms with Gasteiger partial charge in [0.05, 0.1) is 24.1 Å². The van der Waals surface area contributed by atoms with E-state index in [1.165, 1.54) is 7.11 Å². The van der Waals surface area contributed by atoms with Gasteiger partial charge in [-0.15, -0.1) is 0 Å². The Morgan fingerprint density at radius 3 is 2.70 bits per heavy atom. The number of aliphatic hydroxyl groups is 1. The highest BCUT2D eigenvalue weighted by molar-refractivity contribution is 6.06. The third kappa shape index (κ3) is 4.71. The molecule has 30 heavy (non-hydrogen) atoms. The minimum atomic E-state index is -0.841. The molecule has 0 aliphatic carbocycles. The molecule has 1 aromatic carbocycles. The van der Waals surface area contributed by atoms with Crippen LogP contribution in [0.2, 0.25) is 0 Å². The highest BCUT2D eigenvalue weighted by Crippen LogP contribution is 2.34. The van der Waals surface area contributed by atoms with Gasteiger partial charge in [-0.05, 0) is 44.0 Å². The predicted octanol–water partition coefficient (Wildman–Crippen LogP) is 2.53. The van der Waals surface area contributed by atoms with E-state index in [1.54, 1.807) is 43.0 Å². The summed E-state index contributed by atoms with van der Waals surface area (Å²) in [4.78, 5) is 33.3. The summed E-state index contributed by atoms with van der Waals surface area (Å²) in [5.41, 5.74) is 2.19. The quantitative estimate of drug-likeness (QED) is 0.726. The van der Waals surface area contributed by atoms with Crippen LogP contribution in [0.25, 0.3) is 0 Å². The number of carbonyl (C=O) groups excluding carboxylic acids is 2. The highest BCUT2D eigenvalue weighted by atomic mass is 16.5. The predicted molar refractivity (Wildman–Crippen MR) is 115 cm³/mol. The monoisotopic (exact) mass is 412 g/mol. The molecule has 0 unspecified atom stereocenters. The van der Waals surface area contributed by atoms with Crippen molar-refractivity contribution in [1.82, 2.24) is 9.88 Å². The number of amides is 2. The zero-order valence-electron chi connectivity index (χ0n) is 18.0. The van der Waals surface area contributed by atoms with Gasteiger partial charge in [0, 0.05) is 38.8 Å². The summed E-state index contributed by atoms with van der Waals surface area (Å²) >= 11 is 0. The smallest absolute Gasteiger partial charge is 0.274 e. The SMILES string of the molecule is COc1cccc(C(=O)Nc2cc3c(cc2N(C)C)C(=O)N(CCC(C)(C)O)C3)n1. The van der Waals surface area contributed by atoms with Gasteiger partial charge >= 0.3 is 0 Å². The second-order valence-corrected chi connectivity index (χ2v) is 8.23. The Hall–Kier alpha value is -3.13. The summed E-state index contributed by atoms with van der Waals surface area (Å²) in [5.74, 6) is -0.0673. The average Bonchev–Trinajstić information content (AvgIpc) is 3.00. The summed E-state index contributed by atoms with van der Waals surface area (Å²) in [6.07, 6.45) is 0.484. The van der Waals surface area contributed by atoms with Crippen molar-refractivity contribution in [2.45, 2.75) is 32.4 Å². The molecule has 0 bridgehead atoms.